The molecule has 0 aliphatic carbocycles. The van der Waals surface area contributed by atoms with E-state index >= 15 is 0 Å². The van der Waals surface area contributed by atoms with E-state index in [0.717, 1.165) is 58.1 Å². The van der Waals surface area contributed by atoms with E-state index in [0.29, 0.717) is 11.6 Å². The van der Waals surface area contributed by atoms with Crippen molar-refractivity contribution in [2.75, 3.05) is 49.5 Å². The fourth-order valence-corrected chi connectivity index (χ4v) is 5.21. The molecule has 2 aromatic carbocycles. The van der Waals surface area contributed by atoms with Crippen LogP contribution in [0.1, 0.15) is 42.2 Å². The van der Waals surface area contributed by atoms with Crippen LogP contribution in [-0.4, -0.2) is 70.8 Å². The first-order valence-corrected chi connectivity index (χ1v) is 12.8. The molecule has 1 unspecified atom stereocenters. The van der Waals surface area contributed by atoms with Gasteiger partial charge >= 0.3 is 0 Å². The molecule has 5 rings (SSSR count). The summed E-state index contributed by atoms with van der Waals surface area (Å²) >= 11 is 0. The van der Waals surface area contributed by atoms with Gasteiger partial charge in [0.15, 0.2) is 0 Å². The van der Waals surface area contributed by atoms with Gasteiger partial charge in [-0.05, 0) is 50.1 Å². The summed E-state index contributed by atoms with van der Waals surface area (Å²) in [5, 5.41) is 7.63. The van der Waals surface area contributed by atoms with Crippen LogP contribution in [0.2, 0.25) is 0 Å². The zero-order valence-electron chi connectivity index (χ0n) is 20.8. The summed E-state index contributed by atoms with van der Waals surface area (Å²) in [7, 11) is 0. The summed E-state index contributed by atoms with van der Waals surface area (Å²) in [4.78, 5) is 20.4. The van der Waals surface area contributed by atoms with Crippen LogP contribution in [0.4, 0.5) is 11.5 Å². The molecule has 0 spiro atoms. The Hall–Kier alpha value is -3.16. The lowest BCUT2D eigenvalue weighted by Gasteiger charge is -2.38. The predicted octanol–water partition coefficient (Wildman–Crippen LogP) is 4.11. The van der Waals surface area contributed by atoms with Crippen molar-refractivity contribution in [3.63, 3.8) is 0 Å². The van der Waals surface area contributed by atoms with Gasteiger partial charge in [-0.3, -0.25) is 14.6 Å². The number of rotatable bonds is 7. The molecule has 0 radical (unpaired) electrons. The maximum atomic E-state index is 13.0. The lowest BCUT2D eigenvalue weighted by atomic mass is 10.1. The molecule has 0 saturated carbocycles. The second-order valence-corrected chi connectivity index (χ2v) is 9.94. The lowest BCUT2D eigenvalue weighted by Crippen LogP contribution is -2.48. The maximum absolute atomic E-state index is 13.0. The summed E-state index contributed by atoms with van der Waals surface area (Å²) in [5.74, 6) is 0.664. The Morgan fingerprint density at radius 1 is 0.971 bits per heavy atom. The first kappa shape index (κ1) is 23.6. The van der Waals surface area contributed by atoms with Crippen molar-refractivity contribution in [2.24, 2.45) is 0 Å². The molecule has 2 aliphatic rings. The molecule has 2 fully saturated rings. The Morgan fingerprint density at radius 2 is 1.71 bits per heavy atom. The van der Waals surface area contributed by atoms with Crippen LogP contribution in [0.25, 0.3) is 0 Å². The SMILES string of the molecule is CC(C)N1CCN(c2ccc(C(=O)Nc3ccnn3C3CCN(Cc4ccccc4)C3)cc2)CC1. The highest BCUT2D eigenvalue weighted by atomic mass is 16.1. The lowest BCUT2D eigenvalue weighted by molar-refractivity contribution is 0.102. The number of amides is 1. The normalized spacial score (nSPS) is 19.4. The van der Waals surface area contributed by atoms with Crippen molar-refractivity contribution >= 4 is 17.4 Å². The predicted molar refractivity (Wildman–Crippen MR) is 141 cm³/mol. The summed E-state index contributed by atoms with van der Waals surface area (Å²) in [6.45, 7) is 11.6. The molecule has 184 valence electrons. The van der Waals surface area contributed by atoms with Crippen molar-refractivity contribution in [3.8, 4) is 0 Å². The summed E-state index contributed by atoms with van der Waals surface area (Å²) in [5.41, 5.74) is 3.17. The Balaban J connectivity index is 1.17. The molecule has 1 aromatic heterocycles. The fourth-order valence-electron chi connectivity index (χ4n) is 5.21. The average molecular weight is 473 g/mol. The Labute approximate surface area is 208 Å². The third kappa shape index (κ3) is 5.57. The molecule has 3 heterocycles. The molecule has 0 bridgehead atoms. The monoisotopic (exact) mass is 472 g/mol. The highest BCUT2D eigenvalue weighted by Crippen LogP contribution is 2.26. The zero-order valence-corrected chi connectivity index (χ0v) is 20.8. The minimum absolute atomic E-state index is 0.0953. The van der Waals surface area contributed by atoms with Gasteiger partial charge in [-0.25, -0.2) is 4.68 Å². The van der Waals surface area contributed by atoms with Gasteiger partial charge in [-0.15, -0.1) is 0 Å². The van der Waals surface area contributed by atoms with Crippen molar-refractivity contribution in [2.45, 2.75) is 38.9 Å². The minimum atomic E-state index is -0.0953. The summed E-state index contributed by atoms with van der Waals surface area (Å²) in [6, 6.07) is 21.3. The number of likely N-dealkylation sites (tertiary alicyclic amines) is 1. The Bertz CT molecular complexity index is 1100. The number of piperazine rings is 1. The van der Waals surface area contributed by atoms with E-state index in [4.69, 9.17) is 0 Å². The fraction of sp³-hybridized carbons (Fsp3) is 0.429. The standard InChI is InChI=1S/C28H36N6O/c1-22(2)32-16-18-33(19-17-32)25-10-8-24(9-11-25)28(35)30-27-12-14-29-34(27)26-13-15-31(21-26)20-23-6-4-3-5-7-23/h3-12,14,22,26H,13,15-21H2,1-2H3,(H,30,35). The minimum Gasteiger partial charge on any atom is -0.369 e. The van der Waals surface area contributed by atoms with Crippen LogP contribution >= 0.6 is 0 Å². The number of anilines is 2. The first-order valence-electron chi connectivity index (χ1n) is 12.8. The van der Waals surface area contributed by atoms with E-state index in [9.17, 15) is 4.79 Å². The van der Waals surface area contributed by atoms with Gasteiger partial charge in [0.2, 0.25) is 0 Å². The van der Waals surface area contributed by atoms with Gasteiger partial charge in [-0.1, -0.05) is 30.3 Å². The van der Waals surface area contributed by atoms with Crippen molar-refractivity contribution in [3.05, 3.63) is 78.0 Å². The van der Waals surface area contributed by atoms with E-state index in [1.807, 2.05) is 22.9 Å². The van der Waals surface area contributed by atoms with Crippen molar-refractivity contribution in [1.29, 1.82) is 0 Å². The molecule has 7 heteroatoms. The smallest absolute Gasteiger partial charge is 0.256 e. The van der Waals surface area contributed by atoms with Gasteiger partial charge in [0.1, 0.15) is 5.82 Å². The number of benzene rings is 2. The van der Waals surface area contributed by atoms with Gasteiger partial charge in [-0.2, -0.15) is 5.10 Å². The quantitative estimate of drug-likeness (QED) is 0.561. The topological polar surface area (TPSA) is 56.6 Å². The average Bonchev–Trinajstić information content (AvgIpc) is 3.54. The molecule has 35 heavy (non-hydrogen) atoms. The molecule has 1 N–H and O–H groups in total. The third-order valence-electron chi connectivity index (χ3n) is 7.29. The molecule has 1 amide bonds. The van der Waals surface area contributed by atoms with E-state index in [2.05, 4.69) is 81.4 Å². The van der Waals surface area contributed by atoms with Gasteiger partial charge < -0.3 is 10.2 Å². The summed E-state index contributed by atoms with van der Waals surface area (Å²) in [6.07, 6.45) is 2.80. The van der Waals surface area contributed by atoms with Gasteiger partial charge in [0, 0.05) is 69.2 Å². The van der Waals surface area contributed by atoms with Crippen LogP contribution in [-0.2, 0) is 6.54 Å². The molecule has 1 atom stereocenters. The van der Waals surface area contributed by atoms with Crippen LogP contribution in [0, 0.1) is 0 Å². The van der Waals surface area contributed by atoms with Crippen LogP contribution in [0.15, 0.2) is 66.9 Å². The van der Waals surface area contributed by atoms with E-state index in [1.165, 1.54) is 11.3 Å². The van der Waals surface area contributed by atoms with Gasteiger partial charge in [0.05, 0.1) is 12.2 Å². The van der Waals surface area contributed by atoms with Crippen LogP contribution in [0.5, 0.6) is 0 Å². The number of nitrogens with one attached hydrogen (secondary N) is 1. The molecule has 2 aliphatic heterocycles. The number of hydrogen-bond donors (Lipinski definition) is 1. The number of nitrogens with zero attached hydrogens (tertiary/aromatic N) is 5. The van der Waals surface area contributed by atoms with Crippen molar-refractivity contribution < 1.29 is 4.79 Å². The molecular weight excluding hydrogens is 436 g/mol. The van der Waals surface area contributed by atoms with E-state index in [-0.39, 0.29) is 11.9 Å². The molecule has 7 nitrogen and oxygen atoms in total. The second-order valence-electron chi connectivity index (χ2n) is 9.94. The molecule has 2 saturated heterocycles. The second kappa shape index (κ2) is 10.6. The number of aromatic nitrogens is 2. The number of carbonyl (C=O) groups is 1. The number of carbonyl (C=O) groups excluding carboxylic acids is 1. The number of hydrogen-bond acceptors (Lipinski definition) is 5. The highest BCUT2D eigenvalue weighted by Gasteiger charge is 2.26. The Morgan fingerprint density at radius 3 is 2.43 bits per heavy atom. The van der Waals surface area contributed by atoms with Gasteiger partial charge in [0.25, 0.3) is 5.91 Å². The van der Waals surface area contributed by atoms with E-state index in [1.54, 1.807) is 6.20 Å². The van der Waals surface area contributed by atoms with Crippen LogP contribution in [0.3, 0.4) is 0 Å². The first-order chi connectivity index (χ1) is 17.1. The molecule has 3 aromatic rings. The third-order valence-corrected chi connectivity index (χ3v) is 7.29. The van der Waals surface area contributed by atoms with Crippen LogP contribution < -0.4 is 10.2 Å². The maximum Gasteiger partial charge on any atom is 0.256 e. The Kier molecular flexibility index (Phi) is 7.16. The van der Waals surface area contributed by atoms with E-state index < -0.39 is 0 Å². The summed E-state index contributed by atoms with van der Waals surface area (Å²) < 4.78 is 1.98. The molecular formula is C28H36N6O. The highest BCUT2D eigenvalue weighted by molar-refractivity contribution is 6.04. The zero-order chi connectivity index (χ0) is 24.2. The van der Waals surface area contributed by atoms with Crippen molar-refractivity contribution in [1.82, 2.24) is 19.6 Å². The largest absolute Gasteiger partial charge is 0.369 e.